The highest BCUT2D eigenvalue weighted by Gasteiger charge is 2.17. The van der Waals surface area contributed by atoms with Gasteiger partial charge in [0.15, 0.2) is 0 Å². The van der Waals surface area contributed by atoms with Gasteiger partial charge in [0.1, 0.15) is 5.75 Å². The summed E-state index contributed by atoms with van der Waals surface area (Å²) in [5, 5.41) is 0. The monoisotopic (exact) mass is 310 g/mol. The lowest BCUT2D eigenvalue weighted by atomic mass is 10.1. The summed E-state index contributed by atoms with van der Waals surface area (Å²) in [6.45, 7) is 3.12. The van der Waals surface area contributed by atoms with Crippen LogP contribution in [0.3, 0.4) is 0 Å². The molecule has 1 fully saturated rings. The molecule has 3 rings (SSSR count). The maximum Gasteiger partial charge on any atom is 0.120 e. The molecule has 0 spiro atoms. The van der Waals surface area contributed by atoms with Gasteiger partial charge in [-0.05, 0) is 69.0 Å². The Labute approximate surface area is 139 Å². The Hall–Kier alpha value is -1.87. The van der Waals surface area contributed by atoms with E-state index in [9.17, 15) is 0 Å². The Morgan fingerprint density at radius 3 is 2.78 bits per heavy atom. The molecule has 23 heavy (non-hydrogen) atoms. The van der Waals surface area contributed by atoms with Crippen molar-refractivity contribution in [1.29, 1.82) is 0 Å². The van der Waals surface area contributed by atoms with Crippen LogP contribution in [0.4, 0.5) is 0 Å². The fraction of sp³-hybridized carbons (Fsp3) is 0.450. The SMILES string of the molecule is CC(c1cccnc1)N(C)Cc1cccc(OC2CCCC2)c1. The van der Waals surface area contributed by atoms with E-state index in [1.54, 1.807) is 0 Å². The molecule has 1 unspecified atom stereocenters. The quantitative estimate of drug-likeness (QED) is 0.780. The van der Waals surface area contributed by atoms with Crippen molar-refractivity contribution in [2.75, 3.05) is 7.05 Å². The van der Waals surface area contributed by atoms with Crippen LogP contribution in [0.25, 0.3) is 0 Å². The maximum atomic E-state index is 6.11. The van der Waals surface area contributed by atoms with Gasteiger partial charge in [0.2, 0.25) is 0 Å². The minimum Gasteiger partial charge on any atom is -0.490 e. The highest BCUT2D eigenvalue weighted by molar-refractivity contribution is 5.29. The van der Waals surface area contributed by atoms with Gasteiger partial charge in [0.25, 0.3) is 0 Å². The van der Waals surface area contributed by atoms with E-state index in [0.717, 1.165) is 12.3 Å². The predicted molar refractivity (Wildman–Crippen MR) is 93.4 cm³/mol. The molecule has 1 aromatic carbocycles. The van der Waals surface area contributed by atoms with Crippen molar-refractivity contribution in [3.05, 3.63) is 59.9 Å². The highest BCUT2D eigenvalue weighted by Crippen LogP contribution is 2.26. The molecule has 0 radical (unpaired) electrons. The third kappa shape index (κ3) is 4.32. The first-order chi connectivity index (χ1) is 11.2. The number of pyridine rings is 1. The predicted octanol–water partition coefficient (Wildman–Crippen LogP) is 4.60. The summed E-state index contributed by atoms with van der Waals surface area (Å²) in [6.07, 6.45) is 9.17. The first-order valence-electron chi connectivity index (χ1n) is 8.58. The van der Waals surface area contributed by atoms with Crippen molar-refractivity contribution < 1.29 is 4.74 Å². The summed E-state index contributed by atoms with van der Waals surface area (Å²) in [5.41, 5.74) is 2.53. The number of benzene rings is 1. The Morgan fingerprint density at radius 2 is 2.04 bits per heavy atom. The maximum absolute atomic E-state index is 6.11. The number of hydrogen-bond acceptors (Lipinski definition) is 3. The van der Waals surface area contributed by atoms with E-state index in [0.29, 0.717) is 12.1 Å². The molecule has 2 aromatic rings. The van der Waals surface area contributed by atoms with Gasteiger partial charge >= 0.3 is 0 Å². The van der Waals surface area contributed by atoms with Gasteiger partial charge in [0, 0.05) is 25.0 Å². The van der Waals surface area contributed by atoms with Gasteiger partial charge in [-0.15, -0.1) is 0 Å². The van der Waals surface area contributed by atoms with E-state index in [2.05, 4.69) is 54.2 Å². The summed E-state index contributed by atoms with van der Waals surface area (Å²) < 4.78 is 6.11. The molecular weight excluding hydrogens is 284 g/mol. The fourth-order valence-corrected chi connectivity index (χ4v) is 3.22. The number of hydrogen-bond donors (Lipinski definition) is 0. The second-order valence-corrected chi connectivity index (χ2v) is 6.55. The molecule has 1 atom stereocenters. The van der Waals surface area contributed by atoms with Crippen LogP contribution in [0.15, 0.2) is 48.8 Å². The zero-order valence-electron chi connectivity index (χ0n) is 14.1. The number of ether oxygens (including phenoxy) is 1. The van der Waals surface area contributed by atoms with Crippen LogP contribution >= 0.6 is 0 Å². The van der Waals surface area contributed by atoms with Crippen LogP contribution in [0.2, 0.25) is 0 Å². The molecule has 3 nitrogen and oxygen atoms in total. The molecule has 1 aromatic heterocycles. The van der Waals surface area contributed by atoms with Crippen LogP contribution in [0.5, 0.6) is 5.75 Å². The van der Waals surface area contributed by atoms with Crippen molar-refractivity contribution >= 4 is 0 Å². The van der Waals surface area contributed by atoms with Crippen molar-refractivity contribution in [2.24, 2.45) is 0 Å². The van der Waals surface area contributed by atoms with Gasteiger partial charge < -0.3 is 4.74 Å². The summed E-state index contributed by atoms with van der Waals surface area (Å²) in [7, 11) is 2.15. The minimum atomic E-state index is 0.336. The van der Waals surface area contributed by atoms with Crippen LogP contribution in [0, 0.1) is 0 Å². The van der Waals surface area contributed by atoms with E-state index in [4.69, 9.17) is 4.74 Å². The average molecular weight is 310 g/mol. The van der Waals surface area contributed by atoms with E-state index in [1.807, 2.05) is 18.5 Å². The summed E-state index contributed by atoms with van der Waals surface area (Å²) in [6, 6.07) is 13.0. The van der Waals surface area contributed by atoms with Crippen molar-refractivity contribution in [2.45, 2.75) is 51.3 Å². The summed E-state index contributed by atoms with van der Waals surface area (Å²) >= 11 is 0. The number of aromatic nitrogens is 1. The normalized spacial score (nSPS) is 16.7. The zero-order valence-corrected chi connectivity index (χ0v) is 14.1. The second-order valence-electron chi connectivity index (χ2n) is 6.55. The van der Waals surface area contributed by atoms with Crippen LogP contribution in [0.1, 0.15) is 49.8 Å². The third-order valence-corrected chi connectivity index (χ3v) is 4.76. The highest BCUT2D eigenvalue weighted by atomic mass is 16.5. The topological polar surface area (TPSA) is 25.4 Å². The molecule has 0 bridgehead atoms. The molecule has 1 heterocycles. The third-order valence-electron chi connectivity index (χ3n) is 4.76. The van der Waals surface area contributed by atoms with Crippen molar-refractivity contribution in [3.63, 3.8) is 0 Å². The molecule has 1 saturated carbocycles. The number of rotatable bonds is 6. The van der Waals surface area contributed by atoms with Crippen molar-refractivity contribution in [1.82, 2.24) is 9.88 Å². The molecular formula is C20H26N2O. The van der Waals surface area contributed by atoms with Gasteiger partial charge in [-0.3, -0.25) is 9.88 Å². The van der Waals surface area contributed by atoms with Crippen molar-refractivity contribution in [3.8, 4) is 5.75 Å². The lowest BCUT2D eigenvalue weighted by Crippen LogP contribution is -2.22. The van der Waals surface area contributed by atoms with Crippen LogP contribution in [-0.4, -0.2) is 23.0 Å². The summed E-state index contributed by atoms with van der Waals surface area (Å²) in [4.78, 5) is 6.56. The molecule has 122 valence electrons. The Bertz CT molecular complexity index is 608. The smallest absolute Gasteiger partial charge is 0.120 e. The Balaban J connectivity index is 1.62. The number of nitrogens with zero attached hydrogens (tertiary/aromatic N) is 2. The Morgan fingerprint density at radius 1 is 1.22 bits per heavy atom. The van der Waals surface area contributed by atoms with Gasteiger partial charge in [-0.25, -0.2) is 0 Å². The van der Waals surface area contributed by atoms with Gasteiger partial charge in [-0.1, -0.05) is 18.2 Å². The van der Waals surface area contributed by atoms with E-state index >= 15 is 0 Å². The minimum absolute atomic E-state index is 0.336. The average Bonchev–Trinajstić information content (AvgIpc) is 3.08. The summed E-state index contributed by atoms with van der Waals surface area (Å²) in [5.74, 6) is 1.01. The first kappa shape index (κ1) is 16.0. The second kappa shape index (κ2) is 7.60. The lowest BCUT2D eigenvalue weighted by molar-refractivity contribution is 0.209. The van der Waals surface area contributed by atoms with E-state index in [-0.39, 0.29) is 0 Å². The van der Waals surface area contributed by atoms with E-state index in [1.165, 1.54) is 36.8 Å². The molecule has 0 amide bonds. The Kier molecular flexibility index (Phi) is 5.29. The van der Waals surface area contributed by atoms with Crippen LogP contribution in [-0.2, 0) is 6.54 Å². The van der Waals surface area contributed by atoms with Gasteiger partial charge in [-0.2, -0.15) is 0 Å². The van der Waals surface area contributed by atoms with Gasteiger partial charge in [0.05, 0.1) is 6.10 Å². The molecule has 1 aliphatic carbocycles. The molecule has 0 aliphatic heterocycles. The molecule has 3 heteroatoms. The zero-order chi connectivity index (χ0) is 16.1. The van der Waals surface area contributed by atoms with E-state index < -0.39 is 0 Å². The largest absolute Gasteiger partial charge is 0.490 e. The fourth-order valence-electron chi connectivity index (χ4n) is 3.22. The molecule has 0 saturated heterocycles. The molecule has 0 N–H and O–H groups in total. The first-order valence-corrected chi connectivity index (χ1v) is 8.58. The van der Waals surface area contributed by atoms with Crippen LogP contribution < -0.4 is 4.74 Å². The standard InChI is InChI=1S/C20H26N2O/c1-16(18-8-6-12-21-14-18)22(2)15-17-7-5-11-20(13-17)23-19-9-3-4-10-19/h5-8,11-14,16,19H,3-4,9-10,15H2,1-2H3. The molecule has 1 aliphatic rings. The lowest BCUT2D eigenvalue weighted by Gasteiger charge is -2.25.